The van der Waals surface area contributed by atoms with Gasteiger partial charge in [0.25, 0.3) is 5.91 Å². The molecular formula is C21H23N3O6S3. The summed E-state index contributed by atoms with van der Waals surface area (Å²) >= 11 is 1.16. The number of rotatable bonds is 5. The summed E-state index contributed by atoms with van der Waals surface area (Å²) in [6.45, 7) is 4.20. The van der Waals surface area contributed by atoms with Crippen LogP contribution in [-0.4, -0.2) is 63.6 Å². The Hall–Kier alpha value is -2.38. The fourth-order valence-corrected chi connectivity index (χ4v) is 6.83. The summed E-state index contributed by atoms with van der Waals surface area (Å²) in [5, 5.41) is 3.00. The molecule has 33 heavy (non-hydrogen) atoms. The van der Waals surface area contributed by atoms with E-state index in [4.69, 9.17) is 4.74 Å². The van der Waals surface area contributed by atoms with Gasteiger partial charge >= 0.3 is 0 Å². The molecule has 1 aliphatic heterocycles. The molecule has 1 amide bonds. The highest BCUT2D eigenvalue weighted by Crippen LogP contribution is 2.29. The standard InChI is InChI=1S/C21H23N3O6S3/c1-13-11-24(12-14(2)30-13)33(28,29)16-6-4-15(5-7-16)20(25)23-21-22-18-9-8-17(32(3,26)27)10-19(18)31-21/h4-10,13-14H,11-12H2,1-3H3,(H,22,23,25)/t13-,14-/m0/s1. The molecule has 0 saturated carbocycles. The lowest BCUT2D eigenvalue weighted by Crippen LogP contribution is -2.48. The van der Waals surface area contributed by atoms with Crippen molar-refractivity contribution in [2.24, 2.45) is 0 Å². The lowest BCUT2D eigenvalue weighted by Gasteiger charge is -2.34. The van der Waals surface area contributed by atoms with Crippen LogP contribution in [0.4, 0.5) is 5.13 Å². The van der Waals surface area contributed by atoms with Gasteiger partial charge in [0.2, 0.25) is 10.0 Å². The predicted octanol–water partition coefficient (Wildman–Crippen LogP) is 2.75. The highest BCUT2D eigenvalue weighted by Gasteiger charge is 2.32. The summed E-state index contributed by atoms with van der Waals surface area (Å²) in [7, 11) is -7.05. The Bertz CT molecular complexity index is 1410. The number of ether oxygens (including phenoxy) is 1. The Morgan fingerprint density at radius 3 is 2.24 bits per heavy atom. The number of aromatic nitrogens is 1. The second-order valence-corrected chi connectivity index (χ2v) is 13.0. The molecule has 2 heterocycles. The monoisotopic (exact) mass is 509 g/mol. The molecule has 1 aliphatic rings. The number of carbonyl (C=O) groups is 1. The summed E-state index contributed by atoms with van der Waals surface area (Å²) in [6, 6.07) is 10.3. The first-order chi connectivity index (χ1) is 15.4. The fourth-order valence-electron chi connectivity index (χ4n) is 3.61. The molecule has 12 heteroatoms. The Morgan fingerprint density at radius 2 is 1.64 bits per heavy atom. The molecule has 1 fully saturated rings. The van der Waals surface area contributed by atoms with Gasteiger partial charge in [-0.05, 0) is 56.3 Å². The number of anilines is 1. The SMILES string of the molecule is C[C@H]1CN(S(=O)(=O)c2ccc(C(=O)Nc3nc4ccc(S(C)(=O)=O)cc4s3)cc2)C[C@H](C)O1. The average Bonchev–Trinajstić information content (AvgIpc) is 3.14. The number of nitrogens with zero attached hydrogens (tertiary/aromatic N) is 2. The first-order valence-electron chi connectivity index (χ1n) is 10.1. The number of thiazole rings is 1. The lowest BCUT2D eigenvalue weighted by atomic mass is 10.2. The maximum Gasteiger partial charge on any atom is 0.257 e. The van der Waals surface area contributed by atoms with Crippen LogP contribution in [-0.2, 0) is 24.6 Å². The molecule has 2 atom stereocenters. The van der Waals surface area contributed by atoms with Gasteiger partial charge in [-0.25, -0.2) is 21.8 Å². The average molecular weight is 510 g/mol. The molecule has 0 bridgehead atoms. The molecule has 9 nitrogen and oxygen atoms in total. The van der Waals surface area contributed by atoms with Crippen LogP contribution < -0.4 is 5.32 Å². The van der Waals surface area contributed by atoms with Crippen molar-refractivity contribution in [1.29, 1.82) is 0 Å². The third-order valence-corrected chi connectivity index (χ3v) is 9.04. The zero-order valence-electron chi connectivity index (χ0n) is 18.2. The summed E-state index contributed by atoms with van der Waals surface area (Å²) in [4.78, 5) is 17.2. The number of fused-ring (bicyclic) bond motifs is 1. The van der Waals surface area contributed by atoms with Crippen molar-refractivity contribution in [3.05, 3.63) is 48.0 Å². The Morgan fingerprint density at radius 1 is 1.03 bits per heavy atom. The van der Waals surface area contributed by atoms with Crippen LogP contribution in [0.3, 0.4) is 0 Å². The van der Waals surface area contributed by atoms with Gasteiger partial charge in [0.15, 0.2) is 15.0 Å². The van der Waals surface area contributed by atoms with Crippen molar-refractivity contribution in [3.8, 4) is 0 Å². The molecule has 0 radical (unpaired) electrons. The van der Waals surface area contributed by atoms with Crippen LogP contribution in [0.2, 0.25) is 0 Å². The quantitative estimate of drug-likeness (QED) is 0.561. The molecule has 1 saturated heterocycles. The number of nitrogens with one attached hydrogen (secondary N) is 1. The van der Waals surface area contributed by atoms with E-state index in [9.17, 15) is 21.6 Å². The third-order valence-electron chi connectivity index (χ3n) is 5.15. The van der Waals surface area contributed by atoms with E-state index in [0.29, 0.717) is 15.3 Å². The van der Waals surface area contributed by atoms with E-state index in [-0.39, 0.29) is 40.7 Å². The van der Waals surface area contributed by atoms with Crippen molar-refractivity contribution in [3.63, 3.8) is 0 Å². The molecular weight excluding hydrogens is 486 g/mol. The van der Waals surface area contributed by atoms with Crippen LogP contribution in [0, 0.1) is 0 Å². The molecule has 0 aliphatic carbocycles. The maximum absolute atomic E-state index is 13.0. The topological polar surface area (TPSA) is 123 Å². The normalized spacial score (nSPS) is 20.1. The predicted molar refractivity (Wildman–Crippen MR) is 126 cm³/mol. The minimum atomic E-state index is -3.70. The van der Waals surface area contributed by atoms with Crippen LogP contribution in [0.15, 0.2) is 52.3 Å². The summed E-state index contributed by atoms with van der Waals surface area (Å²) in [5.74, 6) is -0.449. The van der Waals surface area contributed by atoms with Gasteiger partial charge in [-0.1, -0.05) is 11.3 Å². The second kappa shape index (κ2) is 8.76. The largest absolute Gasteiger partial charge is 0.373 e. The number of amides is 1. The minimum Gasteiger partial charge on any atom is -0.373 e. The highest BCUT2D eigenvalue weighted by atomic mass is 32.2. The highest BCUT2D eigenvalue weighted by molar-refractivity contribution is 7.90. The van der Waals surface area contributed by atoms with E-state index in [1.165, 1.54) is 40.7 Å². The smallest absolute Gasteiger partial charge is 0.257 e. The second-order valence-electron chi connectivity index (χ2n) is 7.98. The van der Waals surface area contributed by atoms with Gasteiger partial charge in [-0.15, -0.1) is 0 Å². The van der Waals surface area contributed by atoms with Gasteiger partial charge in [-0.2, -0.15) is 4.31 Å². The number of morpholine rings is 1. The van der Waals surface area contributed by atoms with Crippen molar-refractivity contribution in [2.45, 2.75) is 35.8 Å². The van der Waals surface area contributed by atoms with Gasteiger partial charge < -0.3 is 4.74 Å². The molecule has 0 spiro atoms. The Balaban J connectivity index is 1.50. The van der Waals surface area contributed by atoms with E-state index >= 15 is 0 Å². The van der Waals surface area contributed by atoms with Gasteiger partial charge in [0.1, 0.15) is 0 Å². The maximum atomic E-state index is 13.0. The van der Waals surface area contributed by atoms with E-state index in [0.717, 1.165) is 17.6 Å². The molecule has 4 rings (SSSR count). The van der Waals surface area contributed by atoms with Crippen LogP contribution in [0.5, 0.6) is 0 Å². The summed E-state index contributed by atoms with van der Waals surface area (Å²) in [6.07, 6.45) is 0.730. The number of carbonyl (C=O) groups excluding carboxylic acids is 1. The molecule has 176 valence electrons. The molecule has 0 unspecified atom stereocenters. The first kappa shape index (κ1) is 23.8. The number of hydrogen-bond donors (Lipinski definition) is 1. The summed E-state index contributed by atoms with van der Waals surface area (Å²) < 4.78 is 57.0. The molecule has 2 aromatic carbocycles. The van der Waals surface area contributed by atoms with Crippen molar-refractivity contribution in [1.82, 2.24) is 9.29 Å². The van der Waals surface area contributed by atoms with E-state index in [1.54, 1.807) is 6.07 Å². The number of sulfonamides is 1. The van der Waals surface area contributed by atoms with Gasteiger partial charge in [-0.3, -0.25) is 10.1 Å². The lowest BCUT2D eigenvalue weighted by molar-refractivity contribution is -0.0440. The first-order valence-corrected chi connectivity index (χ1v) is 14.3. The van der Waals surface area contributed by atoms with E-state index < -0.39 is 25.8 Å². The Labute approximate surface area is 196 Å². The fraction of sp³-hybridized carbons (Fsp3) is 0.333. The number of sulfone groups is 1. The van der Waals surface area contributed by atoms with Gasteiger partial charge in [0.05, 0.1) is 32.2 Å². The van der Waals surface area contributed by atoms with Crippen molar-refractivity contribution < 1.29 is 26.4 Å². The summed E-state index contributed by atoms with van der Waals surface area (Å²) in [5.41, 5.74) is 0.840. The Kier molecular flexibility index (Phi) is 6.31. The van der Waals surface area contributed by atoms with Crippen molar-refractivity contribution in [2.75, 3.05) is 24.7 Å². The zero-order chi connectivity index (χ0) is 24.0. The number of hydrogen-bond acceptors (Lipinski definition) is 8. The molecule has 3 aromatic rings. The minimum absolute atomic E-state index is 0.105. The molecule has 1 aromatic heterocycles. The number of benzene rings is 2. The third kappa shape index (κ3) is 5.09. The van der Waals surface area contributed by atoms with Crippen molar-refractivity contribution >= 4 is 52.5 Å². The van der Waals surface area contributed by atoms with E-state index in [1.807, 2.05) is 13.8 Å². The van der Waals surface area contributed by atoms with E-state index in [2.05, 4.69) is 10.3 Å². The van der Waals surface area contributed by atoms with Gasteiger partial charge in [0, 0.05) is 24.9 Å². The van der Waals surface area contributed by atoms with Crippen LogP contribution in [0.1, 0.15) is 24.2 Å². The molecule has 1 N–H and O–H groups in total. The van der Waals surface area contributed by atoms with Crippen LogP contribution in [0.25, 0.3) is 10.2 Å². The zero-order valence-corrected chi connectivity index (χ0v) is 20.6. The van der Waals surface area contributed by atoms with Crippen LogP contribution >= 0.6 is 11.3 Å².